The van der Waals surface area contributed by atoms with Gasteiger partial charge in [0.25, 0.3) is 0 Å². The fourth-order valence-electron chi connectivity index (χ4n) is 2.70. The molecule has 0 heterocycles. The maximum Gasteiger partial charge on any atom is 0.221 e. The van der Waals surface area contributed by atoms with Gasteiger partial charge in [-0.15, -0.1) is 0 Å². The van der Waals surface area contributed by atoms with Crippen LogP contribution in [0.25, 0.3) is 0 Å². The van der Waals surface area contributed by atoms with Gasteiger partial charge in [-0.3, -0.25) is 14.4 Å². The first-order valence-electron chi connectivity index (χ1n) is 9.04. The van der Waals surface area contributed by atoms with Gasteiger partial charge in [-0.05, 0) is 43.4 Å². The summed E-state index contributed by atoms with van der Waals surface area (Å²) in [7, 11) is 0. The molecule has 0 aromatic heterocycles. The molecule has 1 amide bonds. The van der Waals surface area contributed by atoms with Crippen molar-refractivity contribution in [3.05, 3.63) is 42.0 Å². The fraction of sp³-hybridized carbons (Fsp3) is 0.476. The largest absolute Gasteiger partial charge is 0.326 e. The topological polar surface area (TPSA) is 63.2 Å². The molecule has 0 fully saturated rings. The van der Waals surface area contributed by atoms with Crippen LogP contribution in [0.4, 0.5) is 5.69 Å². The Morgan fingerprint density at radius 1 is 0.960 bits per heavy atom. The van der Waals surface area contributed by atoms with Gasteiger partial charge < -0.3 is 5.32 Å². The van der Waals surface area contributed by atoms with Crippen LogP contribution < -0.4 is 5.32 Å². The van der Waals surface area contributed by atoms with Gasteiger partial charge in [0, 0.05) is 25.5 Å². The molecule has 0 aliphatic rings. The summed E-state index contributed by atoms with van der Waals surface area (Å²) < 4.78 is 0. The first kappa shape index (κ1) is 20.8. The van der Waals surface area contributed by atoms with E-state index in [-0.39, 0.29) is 17.5 Å². The lowest BCUT2D eigenvalue weighted by atomic mass is 9.91. The highest BCUT2D eigenvalue weighted by Gasteiger charge is 2.22. The van der Waals surface area contributed by atoms with Crippen molar-refractivity contribution >= 4 is 23.2 Å². The molecule has 0 saturated carbocycles. The number of hydrogen-bond acceptors (Lipinski definition) is 3. The standard InChI is InChI=1S/C21H29NO3/c1-4-20(24)19(21(25)5-2)11-9-7-6-8-10-17-12-14-18(15-13-17)22-16(3)23/h6-7,12-15,19H,4-5,8-11H2,1-3H3,(H,22,23)/b7-6+. The minimum absolute atomic E-state index is 0.0551. The van der Waals surface area contributed by atoms with Gasteiger partial charge in [0.05, 0.1) is 5.92 Å². The van der Waals surface area contributed by atoms with Crippen molar-refractivity contribution in [2.45, 2.75) is 59.3 Å². The zero-order chi connectivity index (χ0) is 18.7. The molecule has 1 aromatic carbocycles. The zero-order valence-electron chi connectivity index (χ0n) is 15.5. The summed E-state index contributed by atoms with van der Waals surface area (Å²) >= 11 is 0. The highest BCUT2D eigenvalue weighted by Crippen LogP contribution is 2.15. The Balaban J connectivity index is 2.36. The van der Waals surface area contributed by atoms with E-state index in [4.69, 9.17) is 0 Å². The van der Waals surface area contributed by atoms with E-state index in [1.54, 1.807) is 0 Å². The van der Waals surface area contributed by atoms with Crippen molar-refractivity contribution in [3.63, 3.8) is 0 Å². The molecule has 0 aliphatic heterocycles. The van der Waals surface area contributed by atoms with Crippen molar-refractivity contribution in [3.8, 4) is 0 Å². The number of ketones is 2. The fourth-order valence-corrected chi connectivity index (χ4v) is 2.70. The molecule has 0 aliphatic carbocycles. The number of amides is 1. The summed E-state index contributed by atoms with van der Waals surface area (Å²) in [6.45, 7) is 5.11. The average molecular weight is 343 g/mol. The van der Waals surface area contributed by atoms with E-state index < -0.39 is 5.92 Å². The van der Waals surface area contributed by atoms with E-state index >= 15 is 0 Å². The van der Waals surface area contributed by atoms with Crippen LogP contribution in [0.15, 0.2) is 36.4 Å². The second kappa shape index (κ2) is 11.3. The maximum atomic E-state index is 11.8. The molecule has 1 aromatic rings. The summed E-state index contributed by atoms with van der Waals surface area (Å²) in [4.78, 5) is 34.7. The molecule has 0 atom stereocenters. The van der Waals surface area contributed by atoms with Gasteiger partial charge in [0.15, 0.2) is 0 Å². The third-order valence-electron chi connectivity index (χ3n) is 4.14. The van der Waals surface area contributed by atoms with Crippen LogP contribution in [0.3, 0.4) is 0 Å². The monoisotopic (exact) mass is 343 g/mol. The van der Waals surface area contributed by atoms with Gasteiger partial charge in [0.2, 0.25) is 5.91 Å². The minimum Gasteiger partial charge on any atom is -0.326 e. The van der Waals surface area contributed by atoms with E-state index in [9.17, 15) is 14.4 Å². The van der Waals surface area contributed by atoms with Crippen LogP contribution in [-0.4, -0.2) is 17.5 Å². The van der Waals surface area contributed by atoms with Gasteiger partial charge in [-0.2, -0.15) is 0 Å². The summed E-state index contributed by atoms with van der Waals surface area (Å²) in [6, 6.07) is 7.82. The Bertz CT molecular complexity index is 586. The molecule has 0 radical (unpaired) electrons. The molecule has 0 unspecified atom stereocenters. The first-order chi connectivity index (χ1) is 12.0. The normalized spacial score (nSPS) is 11.0. The van der Waals surface area contributed by atoms with E-state index in [2.05, 4.69) is 17.5 Å². The summed E-state index contributed by atoms with van der Waals surface area (Å²) in [5.41, 5.74) is 2.01. The van der Waals surface area contributed by atoms with Crippen LogP contribution in [0.5, 0.6) is 0 Å². The number of rotatable bonds is 11. The second-order valence-electron chi connectivity index (χ2n) is 6.16. The Morgan fingerprint density at radius 3 is 2.04 bits per heavy atom. The number of hydrogen-bond donors (Lipinski definition) is 1. The lowest BCUT2D eigenvalue weighted by Crippen LogP contribution is -2.22. The maximum absolute atomic E-state index is 11.8. The molecule has 1 N–H and O–H groups in total. The van der Waals surface area contributed by atoms with Gasteiger partial charge in [-0.25, -0.2) is 0 Å². The lowest BCUT2D eigenvalue weighted by molar-refractivity contribution is -0.132. The van der Waals surface area contributed by atoms with Gasteiger partial charge in [-0.1, -0.05) is 38.1 Å². The highest BCUT2D eigenvalue weighted by atomic mass is 16.2. The molecule has 4 nitrogen and oxygen atoms in total. The number of Topliss-reactive ketones (excluding diaryl/α,β-unsaturated/α-hetero) is 2. The number of benzene rings is 1. The Morgan fingerprint density at radius 2 is 1.52 bits per heavy atom. The number of carbonyl (C=O) groups is 3. The lowest BCUT2D eigenvalue weighted by Gasteiger charge is -2.11. The minimum atomic E-state index is -0.430. The average Bonchev–Trinajstić information content (AvgIpc) is 2.60. The third-order valence-corrected chi connectivity index (χ3v) is 4.14. The molecular formula is C21H29NO3. The molecule has 0 bridgehead atoms. The first-order valence-corrected chi connectivity index (χ1v) is 9.04. The van der Waals surface area contributed by atoms with Crippen molar-refractivity contribution < 1.29 is 14.4 Å². The van der Waals surface area contributed by atoms with Crippen LogP contribution in [-0.2, 0) is 20.8 Å². The highest BCUT2D eigenvalue weighted by molar-refractivity contribution is 6.02. The predicted octanol–water partition coefficient (Wildman–Crippen LogP) is 4.49. The van der Waals surface area contributed by atoms with E-state index in [1.807, 2.05) is 38.1 Å². The summed E-state index contributed by atoms with van der Waals surface area (Å²) in [5.74, 6) is -0.392. The zero-order valence-corrected chi connectivity index (χ0v) is 15.5. The number of nitrogens with one attached hydrogen (secondary N) is 1. The van der Waals surface area contributed by atoms with Crippen LogP contribution >= 0.6 is 0 Å². The Labute approximate surface area is 150 Å². The molecule has 136 valence electrons. The van der Waals surface area contributed by atoms with Gasteiger partial charge >= 0.3 is 0 Å². The van der Waals surface area contributed by atoms with Crippen molar-refractivity contribution in [1.29, 1.82) is 0 Å². The second-order valence-corrected chi connectivity index (χ2v) is 6.16. The van der Waals surface area contributed by atoms with Gasteiger partial charge in [0.1, 0.15) is 11.6 Å². The SMILES string of the molecule is CCC(=O)C(CC/C=C/CCc1ccc(NC(C)=O)cc1)C(=O)CC. The molecule has 25 heavy (non-hydrogen) atoms. The molecular weight excluding hydrogens is 314 g/mol. The third kappa shape index (κ3) is 7.92. The Kier molecular flexibility index (Phi) is 9.45. The van der Waals surface area contributed by atoms with Crippen LogP contribution in [0.1, 0.15) is 58.4 Å². The molecule has 0 spiro atoms. The van der Waals surface area contributed by atoms with Crippen LogP contribution in [0.2, 0.25) is 0 Å². The number of aryl methyl sites for hydroxylation is 1. The smallest absolute Gasteiger partial charge is 0.221 e. The van der Waals surface area contributed by atoms with Crippen molar-refractivity contribution in [2.75, 3.05) is 5.32 Å². The summed E-state index contributed by atoms with van der Waals surface area (Å²) in [5, 5.41) is 2.75. The van der Waals surface area contributed by atoms with E-state index in [0.717, 1.165) is 24.9 Å². The Hall–Kier alpha value is -2.23. The van der Waals surface area contributed by atoms with Crippen molar-refractivity contribution in [2.24, 2.45) is 5.92 Å². The molecule has 1 rings (SSSR count). The van der Waals surface area contributed by atoms with Crippen molar-refractivity contribution in [1.82, 2.24) is 0 Å². The molecule has 4 heteroatoms. The quantitative estimate of drug-likeness (QED) is 0.476. The summed E-state index contributed by atoms with van der Waals surface area (Å²) in [6.07, 6.45) is 8.21. The number of carbonyl (C=O) groups excluding carboxylic acids is 3. The molecule has 0 saturated heterocycles. The van der Waals surface area contributed by atoms with Crippen LogP contribution in [0, 0.1) is 5.92 Å². The number of anilines is 1. The van der Waals surface area contributed by atoms with E-state index in [1.165, 1.54) is 12.5 Å². The number of allylic oxidation sites excluding steroid dienone is 2. The predicted molar refractivity (Wildman–Crippen MR) is 102 cm³/mol. The van der Waals surface area contributed by atoms with E-state index in [0.29, 0.717) is 19.3 Å².